The molecule has 0 aliphatic heterocycles. The molecule has 0 saturated carbocycles. The number of nitrogens with one attached hydrogen (secondary N) is 1. The molecule has 0 amide bonds. The van der Waals surface area contributed by atoms with E-state index in [1.54, 1.807) is 43.5 Å². The van der Waals surface area contributed by atoms with Crippen LogP contribution in [0.4, 0.5) is 0 Å². The smallest absolute Gasteiger partial charge is 0.252 e. The van der Waals surface area contributed by atoms with E-state index >= 15 is 0 Å². The quantitative estimate of drug-likeness (QED) is 0.516. The third-order valence-corrected chi connectivity index (χ3v) is 6.88. The largest absolute Gasteiger partial charge is 0.497 e. The predicted octanol–water partition coefficient (Wildman–Crippen LogP) is 2.87. The van der Waals surface area contributed by atoms with Gasteiger partial charge in [0.25, 0.3) is 5.56 Å². The van der Waals surface area contributed by atoms with Crippen LogP contribution in [0.5, 0.6) is 5.75 Å². The van der Waals surface area contributed by atoms with Gasteiger partial charge in [0.2, 0.25) is 10.0 Å². The number of hydrogen-bond acceptors (Lipinski definition) is 5. The van der Waals surface area contributed by atoms with Crippen molar-refractivity contribution in [1.82, 2.24) is 9.29 Å². The second-order valence-electron chi connectivity index (χ2n) is 6.45. The van der Waals surface area contributed by atoms with Gasteiger partial charge in [-0.2, -0.15) is 4.31 Å². The Labute approximate surface area is 177 Å². The van der Waals surface area contributed by atoms with Crippen molar-refractivity contribution in [2.45, 2.75) is 17.9 Å². The summed E-state index contributed by atoms with van der Waals surface area (Å²) in [6.45, 7) is -0.178. The molecule has 0 bridgehead atoms. The van der Waals surface area contributed by atoms with Crippen LogP contribution in [-0.4, -0.2) is 43.1 Å². The molecule has 0 saturated heterocycles. The molecule has 2 aromatic carbocycles. The van der Waals surface area contributed by atoms with Crippen molar-refractivity contribution in [2.24, 2.45) is 0 Å². The van der Waals surface area contributed by atoms with Gasteiger partial charge in [-0.15, -0.1) is 0 Å². The number of hydrogen-bond donors (Lipinski definition) is 2. The minimum absolute atomic E-state index is 0.0878. The van der Waals surface area contributed by atoms with E-state index in [2.05, 4.69) is 20.9 Å². The van der Waals surface area contributed by atoms with Gasteiger partial charge in [-0.25, -0.2) is 8.42 Å². The van der Waals surface area contributed by atoms with Crippen LogP contribution in [0.2, 0.25) is 0 Å². The van der Waals surface area contributed by atoms with Crippen LogP contribution in [0.25, 0.3) is 10.9 Å². The van der Waals surface area contributed by atoms with E-state index < -0.39 is 10.0 Å². The van der Waals surface area contributed by atoms with Crippen LogP contribution in [-0.2, 0) is 16.6 Å². The number of aliphatic hydroxyl groups excluding tert-OH is 1. The first-order valence-corrected chi connectivity index (χ1v) is 11.1. The van der Waals surface area contributed by atoms with E-state index in [0.717, 1.165) is 9.86 Å². The van der Waals surface area contributed by atoms with Crippen molar-refractivity contribution in [1.29, 1.82) is 0 Å². The van der Waals surface area contributed by atoms with Gasteiger partial charge >= 0.3 is 0 Å². The van der Waals surface area contributed by atoms with E-state index in [1.165, 1.54) is 16.4 Å². The van der Waals surface area contributed by atoms with E-state index in [0.29, 0.717) is 16.8 Å². The maximum absolute atomic E-state index is 13.1. The SMILES string of the molecule is COc1ccc2[nH]c(=O)c(CN(CCCO)S(=O)(=O)c3ccc(Br)cc3)cc2c1. The molecule has 0 spiro atoms. The Morgan fingerprint density at radius 2 is 1.86 bits per heavy atom. The Morgan fingerprint density at radius 3 is 2.52 bits per heavy atom. The lowest BCUT2D eigenvalue weighted by atomic mass is 10.1. The van der Waals surface area contributed by atoms with Gasteiger partial charge in [-0.05, 0) is 55.0 Å². The number of benzene rings is 2. The molecule has 29 heavy (non-hydrogen) atoms. The second kappa shape index (κ2) is 9.08. The predicted molar refractivity (Wildman–Crippen MR) is 115 cm³/mol. The van der Waals surface area contributed by atoms with Crippen molar-refractivity contribution < 1.29 is 18.3 Å². The highest BCUT2D eigenvalue weighted by atomic mass is 79.9. The number of rotatable bonds is 8. The van der Waals surface area contributed by atoms with E-state index in [1.807, 2.05) is 0 Å². The van der Waals surface area contributed by atoms with Gasteiger partial charge in [0, 0.05) is 40.6 Å². The minimum atomic E-state index is -3.85. The van der Waals surface area contributed by atoms with Crippen LogP contribution in [0.3, 0.4) is 0 Å². The molecule has 0 radical (unpaired) electrons. The zero-order valence-corrected chi connectivity index (χ0v) is 18.2. The molecule has 0 unspecified atom stereocenters. The summed E-state index contributed by atoms with van der Waals surface area (Å²) in [6.07, 6.45) is 0.259. The summed E-state index contributed by atoms with van der Waals surface area (Å²) in [6, 6.07) is 13.2. The fourth-order valence-electron chi connectivity index (χ4n) is 2.95. The summed E-state index contributed by atoms with van der Waals surface area (Å²) in [5, 5.41) is 9.94. The molecular weight excluding hydrogens is 460 g/mol. The maximum Gasteiger partial charge on any atom is 0.252 e. The molecule has 0 aliphatic rings. The highest BCUT2D eigenvalue weighted by molar-refractivity contribution is 9.10. The van der Waals surface area contributed by atoms with Crippen molar-refractivity contribution in [3.63, 3.8) is 0 Å². The average Bonchev–Trinajstić information content (AvgIpc) is 2.71. The highest BCUT2D eigenvalue weighted by Gasteiger charge is 2.25. The monoisotopic (exact) mass is 480 g/mol. The van der Waals surface area contributed by atoms with Gasteiger partial charge in [-0.1, -0.05) is 15.9 Å². The molecule has 3 aromatic rings. The molecule has 9 heteroatoms. The summed E-state index contributed by atoms with van der Waals surface area (Å²) in [4.78, 5) is 15.4. The summed E-state index contributed by atoms with van der Waals surface area (Å²) in [7, 11) is -2.30. The average molecular weight is 481 g/mol. The Morgan fingerprint density at radius 1 is 1.14 bits per heavy atom. The topological polar surface area (TPSA) is 99.7 Å². The van der Waals surface area contributed by atoms with Crippen LogP contribution in [0.15, 0.2) is 62.7 Å². The van der Waals surface area contributed by atoms with Crippen molar-refractivity contribution in [3.05, 3.63) is 68.9 Å². The fourth-order valence-corrected chi connectivity index (χ4v) is 4.67. The van der Waals surface area contributed by atoms with E-state index in [4.69, 9.17) is 4.74 Å². The molecule has 0 fully saturated rings. The first kappa shape index (κ1) is 21.5. The van der Waals surface area contributed by atoms with Crippen LogP contribution in [0.1, 0.15) is 12.0 Å². The summed E-state index contributed by atoms with van der Waals surface area (Å²) >= 11 is 3.29. The molecular formula is C20H21BrN2O5S. The summed E-state index contributed by atoms with van der Waals surface area (Å²) in [5.74, 6) is 0.634. The standard InChI is InChI=1S/C20H21BrN2O5S/c1-28-17-5-8-19-14(12-17)11-15(20(25)22-19)13-23(9-2-10-24)29(26,27)18-6-3-16(21)4-7-18/h3-8,11-12,24H,2,9-10,13H2,1H3,(H,22,25). The Kier molecular flexibility index (Phi) is 6.74. The lowest BCUT2D eigenvalue weighted by Crippen LogP contribution is -2.34. The van der Waals surface area contributed by atoms with Gasteiger partial charge in [0.15, 0.2) is 0 Å². The van der Waals surface area contributed by atoms with Crippen LogP contribution < -0.4 is 10.3 Å². The van der Waals surface area contributed by atoms with Crippen molar-refractivity contribution in [3.8, 4) is 5.75 Å². The molecule has 154 valence electrons. The minimum Gasteiger partial charge on any atom is -0.497 e. The fraction of sp³-hybridized carbons (Fsp3) is 0.250. The molecule has 2 N–H and O–H groups in total. The molecule has 3 rings (SSSR count). The number of aliphatic hydroxyl groups is 1. The number of ether oxygens (including phenoxy) is 1. The van der Waals surface area contributed by atoms with Gasteiger partial charge in [-0.3, -0.25) is 4.79 Å². The Hall–Kier alpha value is -2.20. The third kappa shape index (κ3) is 4.87. The normalized spacial score (nSPS) is 11.9. The number of pyridine rings is 1. The van der Waals surface area contributed by atoms with Crippen LogP contribution in [0, 0.1) is 0 Å². The van der Waals surface area contributed by atoms with Gasteiger partial charge in [0.05, 0.1) is 12.0 Å². The number of aromatic amines is 1. The van der Waals surface area contributed by atoms with Gasteiger partial charge < -0.3 is 14.8 Å². The first-order valence-electron chi connectivity index (χ1n) is 8.91. The zero-order valence-electron chi connectivity index (χ0n) is 15.8. The molecule has 0 atom stereocenters. The number of sulfonamides is 1. The van der Waals surface area contributed by atoms with E-state index in [-0.39, 0.29) is 36.6 Å². The molecule has 0 aliphatic carbocycles. The molecule has 7 nitrogen and oxygen atoms in total. The number of methoxy groups -OCH3 is 1. The Bertz CT molecular complexity index is 1160. The maximum atomic E-state index is 13.1. The van der Waals surface area contributed by atoms with Crippen molar-refractivity contribution in [2.75, 3.05) is 20.3 Å². The summed E-state index contributed by atoms with van der Waals surface area (Å²) in [5.41, 5.74) is 0.587. The van der Waals surface area contributed by atoms with Crippen molar-refractivity contribution >= 4 is 36.9 Å². The first-order chi connectivity index (χ1) is 13.8. The third-order valence-electron chi connectivity index (χ3n) is 4.49. The molecule has 1 heterocycles. The van der Waals surface area contributed by atoms with E-state index in [9.17, 15) is 18.3 Å². The lowest BCUT2D eigenvalue weighted by molar-refractivity contribution is 0.267. The highest BCUT2D eigenvalue weighted by Crippen LogP contribution is 2.22. The van der Waals surface area contributed by atoms with Crippen LogP contribution >= 0.6 is 15.9 Å². The number of fused-ring (bicyclic) bond motifs is 1. The Balaban J connectivity index is 2.01. The zero-order chi connectivity index (χ0) is 21.0. The number of halogens is 1. The summed E-state index contributed by atoms with van der Waals surface area (Å²) < 4.78 is 33.4. The van der Waals surface area contributed by atoms with Gasteiger partial charge in [0.1, 0.15) is 5.75 Å². The molecule has 1 aromatic heterocycles. The lowest BCUT2D eigenvalue weighted by Gasteiger charge is -2.22. The number of aromatic nitrogens is 1. The second-order valence-corrected chi connectivity index (χ2v) is 9.30. The number of nitrogens with zero attached hydrogens (tertiary/aromatic N) is 1. The number of H-pyrrole nitrogens is 1.